The molecule has 0 aliphatic rings. The van der Waals surface area contributed by atoms with Gasteiger partial charge in [0, 0.05) is 24.8 Å². The number of unbranched alkanes of at least 4 members (excludes halogenated alkanes) is 11. The average Bonchev–Trinajstić information content (AvgIpc) is 2.26. The van der Waals surface area contributed by atoms with Gasteiger partial charge in [0.1, 0.15) is 0 Å². The van der Waals surface area contributed by atoms with E-state index in [2.05, 4.69) is 22.9 Å². The molecule has 0 aromatic rings. The van der Waals surface area contributed by atoms with Crippen LogP contribution in [0.5, 0.6) is 0 Å². The van der Waals surface area contributed by atoms with Crippen LogP contribution in [0, 0.1) is 0 Å². The first kappa shape index (κ1) is 19.4. The molecule has 94 valence electrons. The molecule has 0 fully saturated rings. The molecular formula is C14H29BrZn. The molecule has 0 aromatic carbocycles. The van der Waals surface area contributed by atoms with Crippen molar-refractivity contribution in [3.63, 3.8) is 0 Å². The zero-order valence-electron chi connectivity index (χ0n) is 11.3. The van der Waals surface area contributed by atoms with Gasteiger partial charge in [0.2, 0.25) is 0 Å². The Morgan fingerprint density at radius 3 is 1.19 bits per heavy atom. The Kier molecular flexibility index (Phi) is 22.4. The van der Waals surface area contributed by atoms with Crippen LogP contribution in [0.1, 0.15) is 84.0 Å². The van der Waals surface area contributed by atoms with Gasteiger partial charge in [-0.15, -0.1) is 0 Å². The molecule has 0 spiro atoms. The largest absolute Gasteiger partial charge is 0.0928 e. The molecule has 2 heteroatoms. The Balaban J connectivity index is 0. The molecule has 0 N–H and O–H groups in total. The second-order valence-electron chi connectivity index (χ2n) is 4.58. The van der Waals surface area contributed by atoms with Gasteiger partial charge >= 0.3 is 0 Å². The first-order valence-electron chi connectivity index (χ1n) is 6.97. The van der Waals surface area contributed by atoms with Gasteiger partial charge in [-0.25, -0.2) is 0 Å². The van der Waals surface area contributed by atoms with Crippen LogP contribution < -0.4 is 0 Å². The first-order chi connectivity index (χ1) is 7.41. The minimum absolute atomic E-state index is 0. The van der Waals surface area contributed by atoms with E-state index in [1.165, 1.54) is 82.4 Å². The van der Waals surface area contributed by atoms with Crippen LogP contribution in [0.4, 0.5) is 0 Å². The van der Waals surface area contributed by atoms with E-state index < -0.39 is 0 Å². The van der Waals surface area contributed by atoms with Crippen LogP contribution in [0.15, 0.2) is 0 Å². The monoisotopic (exact) mass is 340 g/mol. The third-order valence-corrected chi connectivity index (χ3v) is 3.55. The molecule has 0 aromatic heterocycles. The topological polar surface area (TPSA) is 0 Å². The van der Waals surface area contributed by atoms with Crippen LogP contribution in [-0.4, -0.2) is 5.33 Å². The molecule has 0 atom stereocenters. The van der Waals surface area contributed by atoms with Crippen LogP contribution in [0.25, 0.3) is 0 Å². The molecule has 0 radical (unpaired) electrons. The molecule has 0 heterocycles. The quantitative estimate of drug-likeness (QED) is 0.229. The Hall–Kier alpha value is 1.10. The van der Waals surface area contributed by atoms with Crippen molar-refractivity contribution in [2.24, 2.45) is 0 Å². The number of rotatable bonds is 12. The summed E-state index contributed by atoms with van der Waals surface area (Å²) in [7, 11) is 0. The van der Waals surface area contributed by atoms with Crippen LogP contribution in [0.3, 0.4) is 0 Å². The second kappa shape index (κ2) is 18.5. The summed E-state index contributed by atoms with van der Waals surface area (Å²) in [5.41, 5.74) is 0. The molecule has 0 nitrogen and oxygen atoms in total. The fraction of sp³-hybridized carbons (Fsp3) is 1.00. The minimum atomic E-state index is 0. The van der Waals surface area contributed by atoms with E-state index in [1.54, 1.807) is 0 Å². The van der Waals surface area contributed by atoms with Gasteiger partial charge < -0.3 is 0 Å². The Labute approximate surface area is 124 Å². The minimum Gasteiger partial charge on any atom is -0.0928 e. The maximum Gasteiger partial charge on any atom is 0.00313 e. The van der Waals surface area contributed by atoms with Gasteiger partial charge in [0.15, 0.2) is 0 Å². The Bertz CT molecular complexity index is 94.9. The van der Waals surface area contributed by atoms with Crippen molar-refractivity contribution in [2.75, 3.05) is 5.33 Å². The number of hydrogen-bond acceptors (Lipinski definition) is 0. The summed E-state index contributed by atoms with van der Waals surface area (Å²) in [6.45, 7) is 2.28. The van der Waals surface area contributed by atoms with Crippen LogP contribution >= 0.6 is 15.9 Å². The van der Waals surface area contributed by atoms with Crippen molar-refractivity contribution in [2.45, 2.75) is 84.0 Å². The Morgan fingerprint density at radius 2 is 0.875 bits per heavy atom. The normalized spacial score (nSPS) is 10.1. The first-order valence-corrected chi connectivity index (χ1v) is 8.10. The van der Waals surface area contributed by atoms with E-state index >= 15 is 0 Å². The summed E-state index contributed by atoms with van der Waals surface area (Å²) in [6.07, 6.45) is 17.3. The fourth-order valence-electron chi connectivity index (χ4n) is 1.94. The van der Waals surface area contributed by atoms with Crippen molar-refractivity contribution >= 4 is 15.9 Å². The Morgan fingerprint density at radius 1 is 0.562 bits per heavy atom. The molecule has 0 saturated heterocycles. The van der Waals surface area contributed by atoms with Crippen LogP contribution in [0.2, 0.25) is 0 Å². The summed E-state index contributed by atoms with van der Waals surface area (Å²) in [4.78, 5) is 0. The molecule has 0 unspecified atom stereocenters. The molecular weight excluding hydrogens is 313 g/mol. The van der Waals surface area contributed by atoms with Crippen molar-refractivity contribution in [3.05, 3.63) is 0 Å². The summed E-state index contributed by atoms with van der Waals surface area (Å²) < 4.78 is 0. The molecule has 0 aliphatic heterocycles. The zero-order valence-corrected chi connectivity index (χ0v) is 15.8. The van der Waals surface area contributed by atoms with Gasteiger partial charge in [-0.1, -0.05) is 93.5 Å². The number of hydrogen-bond donors (Lipinski definition) is 0. The maximum absolute atomic E-state index is 3.47. The molecule has 0 saturated carbocycles. The standard InChI is InChI=1S/C14H29Br.Zn/c1-2-3-4-5-6-7-8-9-10-11-12-13-14-15;/h2-14H2,1H3;. The maximum atomic E-state index is 3.47. The van der Waals surface area contributed by atoms with Crippen molar-refractivity contribution < 1.29 is 19.5 Å². The molecule has 0 amide bonds. The van der Waals surface area contributed by atoms with E-state index in [0.29, 0.717) is 0 Å². The SMILES string of the molecule is CCCCCCCCCCCCCCBr.[Zn]. The number of halogens is 1. The van der Waals surface area contributed by atoms with E-state index in [4.69, 9.17) is 0 Å². The van der Waals surface area contributed by atoms with Gasteiger partial charge in [-0.2, -0.15) is 0 Å². The summed E-state index contributed by atoms with van der Waals surface area (Å²) in [6, 6.07) is 0. The predicted molar refractivity (Wildman–Crippen MR) is 74.9 cm³/mol. The fourth-order valence-corrected chi connectivity index (χ4v) is 2.33. The predicted octanol–water partition coefficient (Wildman–Crippen LogP) is 6.08. The molecule has 0 aliphatic carbocycles. The molecule has 0 rings (SSSR count). The smallest absolute Gasteiger partial charge is 0.00313 e. The summed E-state index contributed by atoms with van der Waals surface area (Å²) in [5, 5.41) is 1.18. The third kappa shape index (κ3) is 17.5. The van der Waals surface area contributed by atoms with Crippen molar-refractivity contribution in [1.82, 2.24) is 0 Å². The van der Waals surface area contributed by atoms with E-state index in [9.17, 15) is 0 Å². The van der Waals surface area contributed by atoms with Gasteiger partial charge in [0.05, 0.1) is 0 Å². The van der Waals surface area contributed by atoms with Gasteiger partial charge in [0.25, 0.3) is 0 Å². The average molecular weight is 343 g/mol. The zero-order chi connectivity index (χ0) is 11.2. The molecule has 16 heavy (non-hydrogen) atoms. The van der Waals surface area contributed by atoms with Crippen molar-refractivity contribution in [1.29, 1.82) is 0 Å². The van der Waals surface area contributed by atoms with E-state index in [-0.39, 0.29) is 19.5 Å². The van der Waals surface area contributed by atoms with E-state index in [1.807, 2.05) is 0 Å². The van der Waals surface area contributed by atoms with Crippen molar-refractivity contribution in [3.8, 4) is 0 Å². The van der Waals surface area contributed by atoms with Gasteiger partial charge in [-0.3, -0.25) is 0 Å². The van der Waals surface area contributed by atoms with Crippen LogP contribution in [-0.2, 0) is 19.5 Å². The second-order valence-corrected chi connectivity index (χ2v) is 5.37. The van der Waals surface area contributed by atoms with E-state index in [0.717, 1.165) is 0 Å². The van der Waals surface area contributed by atoms with Gasteiger partial charge in [-0.05, 0) is 6.42 Å². The number of alkyl halides is 1. The summed E-state index contributed by atoms with van der Waals surface area (Å²) in [5.74, 6) is 0. The third-order valence-electron chi connectivity index (χ3n) is 2.99. The molecule has 0 bridgehead atoms. The summed E-state index contributed by atoms with van der Waals surface area (Å²) >= 11 is 3.47.